The first kappa shape index (κ1) is 9.17. The summed E-state index contributed by atoms with van der Waals surface area (Å²) in [6, 6.07) is 0. The van der Waals surface area contributed by atoms with E-state index in [-0.39, 0.29) is 10.4 Å². The van der Waals surface area contributed by atoms with E-state index in [1.54, 1.807) is 0 Å². The van der Waals surface area contributed by atoms with Crippen LogP contribution in [0.2, 0.25) is 0 Å². The molecule has 0 fully saturated rings. The van der Waals surface area contributed by atoms with Gasteiger partial charge in [0.05, 0.1) is 4.83 Å². The third-order valence-electron chi connectivity index (χ3n) is 0.788. The fraction of sp³-hybridized carbons (Fsp3) is 0.400. The number of hydrogen-bond acceptors (Lipinski definition) is 1. The maximum atomic E-state index is 10.1. The largest absolute Gasteiger partial charge is 0.478 e. The van der Waals surface area contributed by atoms with E-state index in [0.717, 1.165) is 0 Å². The van der Waals surface area contributed by atoms with E-state index in [2.05, 4.69) is 38.4 Å². The van der Waals surface area contributed by atoms with Crippen LogP contribution in [0.25, 0.3) is 0 Å². The molecular formula is C5H6Br2O2. The number of alkyl halides is 2. The molecule has 0 bridgehead atoms. The standard InChI is InChI=1S/C5H6Br2O2/c1-3(5(8)9)4(7)2-6/h4H,1-2H2,(H,8,9). The lowest BCUT2D eigenvalue weighted by Gasteiger charge is -2.02. The molecule has 0 aromatic heterocycles. The van der Waals surface area contributed by atoms with Crippen molar-refractivity contribution in [2.45, 2.75) is 4.83 Å². The third-order valence-corrected chi connectivity index (χ3v) is 3.18. The molecule has 0 radical (unpaired) electrons. The summed E-state index contributed by atoms with van der Waals surface area (Å²) >= 11 is 6.23. The highest BCUT2D eigenvalue weighted by Crippen LogP contribution is 2.12. The summed E-state index contributed by atoms with van der Waals surface area (Å²) in [5, 5.41) is 8.90. The quantitative estimate of drug-likeness (QED) is 0.618. The molecule has 0 aromatic rings. The molecule has 1 atom stereocenters. The van der Waals surface area contributed by atoms with Crippen LogP contribution in [0.1, 0.15) is 0 Å². The minimum atomic E-state index is -0.962. The van der Waals surface area contributed by atoms with E-state index in [1.807, 2.05) is 0 Å². The smallest absolute Gasteiger partial charge is 0.332 e. The van der Waals surface area contributed by atoms with Crippen LogP contribution in [-0.2, 0) is 4.79 Å². The molecule has 52 valence electrons. The SMILES string of the molecule is C=C(C(=O)O)C(Br)CBr. The van der Waals surface area contributed by atoms with Gasteiger partial charge in [-0.1, -0.05) is 38.4 Å². The number of aliphatic carboxylic acids is 1. The van der Waals surface area contributed by atoms with Crippen LogP contribution in [0.4, 0.5) is 0 Å². The summed E-state index contributed by atoms with van der Waals surface area (Å²) in [6.45, 7) is 3.35. The summed E-state index contributed by atoms with van der Waals surface area (Å²) in [7, 11) is 0. The monoisotopic (exact) mass is 256 g/mol. The minimum Gasteiger partial charge on any atom is -0.478 e. The van der Waals surface area contributed by atoms with Crippen LogP contribution < -0.4 is 0 Å². The summed E-state index contributed by atoms with van der Waals surface area (Å²) in [4.78, 5) is 9.98. The average Bonchev–Trinajstić information content (AvgIpc) is 1.84. The normalized spacial score (nSPS) is 12.7. The highest BCUT2D eigenvalue weighted by Gasteiger charge is 2.12. The first-order valence-electron chi connectivity index (χ1n) is 2.21. The molecule has 0 aliphatic heterocycles. The van der Waals surface area contributed by atoms with Gasteiger partial charge in [-0.05, 0) is 0 Å². The lowest BCUT2D eigenvalue weighted by molar-refractivity contribution is -0.132. The molecule has 4 heteroatoms. The maximum Gasteiger partial charge on any atom is 0.332 e. The zero-order chi connectivity index (χ0) is 7.44. The summed E-state index contributed by atoms with van der Waals surface area (Å²) in [5.41, 5.74) is 0.173. The van der Waals surface area contributed by atoms with Crippen molar-refractivity contribution in [2.24, 2.45) is 0 Å². The van der Waals surface area contributed by atoms with E-state index in [4.69, 9.17) is 5.11 Å². The Morgan fingerprint density at radius 3 is 2.33 bits per heavy atom. The van der Waals surface area contributed by atoms with Gasteiger partial charge in [0, 0.05) is 10.9 Å². The molecular weight excluding hydrogens is 252 g/mol. The van der Waals surface area contributed by atoms with Gasteiger partial charge < -0.3 is 5.11 Å². The highest BCUT2D eigenvalue weighted by atomic mass is 79.9. The van der Waals surface area contributed by atoms with Gasteiger partial charge in [0.2, 0.25) is 0 Å². The second-order valence-electron chi connectivity index (χ2n) is 1.45. The van der Waals surface area contributed by atoms with Gasteiger partial charge in [0.25, 0.3) is 0 Å². The second-order valence-corrected chi connectivity index (χ2v) is 3.21. The van der Waals surface area contributed by atoms with Gasteiger partial charge in [-0.3, -0.25) is 0 Å². The van der Waals surface area contributed by atoms with E-state index in [9.17, 15) is 4.79 Å². The first-order chi connectivity index (χ1) is 4.09. The maximum absolute atomic E-state index is 10.1. The Labute approximate surface area is 70.2 Å². The van der Waals surface area contributed by atoms with Crippen LogP contribution in [-0.4, -0.2) is 21.2 Å². The van der Waals surface area contributed by atoms with Gasteiger partial charge in [0.1, 0.15) is 0 Å². The molecule has 1 unspecified atom stereocenters. The van der Waals surface area contributed by atoms with Crippen molar-refractivity contribution in [3.63, 3.8) is 0 Å². The molecule has 0 aliphatic rings. The van der Waals surface area contributed by atoms with E-state index < -0.39 is 5.97 Å². The third kappa shape index (κ3) is 3.01. The number of carbonyl (C=O) groups is 1. The zero-order valence-corrected chi connectivity index (χ0v) is 7.77. The summed E-state index contributed by atoms with van der Waals surface area (Å²) in [6.07, 6.45) is 0. The molecule has 9 heavy (non-hydrogen) atoms. The van der Waals surface area contributed by atoms with Gasteiger partial charge in [0.15, 0.2) is 0 Å². The van der Waals surface area contributed by atoms with Crippen molar-refractivity contribution >= 4 is 37.8 Å². The first-order valence-corrected chi connectivity index (χ1v) is 4.25. The number of carboxylic acid groups (broad SMARTS) is 1. The molecule has 0 heterocycles. The van der Waals surface area contributed by atoms with Gasteiger partial charge in [-0.15, -0.1) is 0 Å². The van der Waals surface area contributed by atoms with Gasteiger partial charge >= 0.3 is 5.97 Å². The Hall–Kier alpha value is 0.170. The van der Waals surface area contributed by atoms with Crippen molar-refractivity contribution in [3.05, 3.63) is 12.2 Å². The molecule has 2 nitrogen and oxygen atoms in total. The molecule has 0 spiro atoms. The lowest BCUT2D eigenvalue weighted by atomic mass is 10.2. The van der Waals surface area contributed by atoms with Crippen LogP contribution in [0.5, 0.6) is 0 Å². The second kappa shape index (κ2) is 4.06. The van der Waals surface area contributed by atoms with Gasteiger partial charge in [-0.2, -0.15) is 0 Å². The fourth-order valence-corrected chi connectivity index (χ4v) is 0.814. The van der Waals surface area contributed by atoms with E-state index >= 15 is 0 Å². The van der Waals surface area contributed by atoms with Crippen molar-refractivity contribution < 1.29 is 9.90 Å². The van der Waals surface area contributed by atoms with Crippen molar-refractivity contribution in [3.8, 4) is 0 Å². The predicted molar refractivity (Wildman–Crippen MR) is 43.3 cm³/mol. The Morgan fingerprint density at radius 2 is 2.22 bits per heavy atom. The van der Waals surface area contributed by atoms with Crippen LogP contribution >= 0.6 is 31.9 Å². The molecule has 0 saturated heterocycles. The van der Waals surface area contributed by atoms with Crippen LogP contribution in [0, 0.1) is 0 Å². The van der Waals surface area contributed by atoms with Crippen molar-refractivity contribution in [2.75, 3.05) is 5.33 Å². The summed E-state index contributed by atoms with van der Waals surface area (Å²) in [5.74, 6) is -0.962. The average molecular weight is 258 g/mol. The number of hydrogen-bond donors (Lipinski definition) is 1. The van der Waals surface area contributed by atoms with Crippen LogP contribution in [0.3, 0.4) is 0 Å². The zero-order valence-electron chi connectivity index (χ0n) is 4.60. The van der Waals surface area contributed by atoms with Crippen molar-refractivity contribution in [1.29, 1.82) is 0 Å². The lowest BCUT2D eigenvalue weighted by Crippen LogP contribution is -2.11. The van der Waals surface area contributed by atoms with Crippen LogP contribution in [0.15, 0.2) is 12.2 Å². The topological polar surface area (TPSA) is 37.3 Å². The molecule has 0 amide bonds. The number of rotatable bonds is 3. The molecule has 0 aliphatic carbocycles. The van der Waals surface area contributed by atoms with Crippen molar-refractivity contribution in [1.82, 2.24) is 0 Å². The minimum absolute atomic E-state index is 0.171. The Kier molecular flexibility index (Phi) is 4.14. The molecule has 1 N–H and O–H groups in total. The summed E-state index contributed by atoms with van der Waals surface area (Å²) < 4.78 is 0. The molecule has 0 saturated carbocycles. The van der Waals surface area contributed by atoms with Gasteiger partial charge in [-0.25, -0.2) is 4.79 Å². The van der Waals surface area contributed by atoms with E-state index in [1.165, 1.54) is 0 Å². The number of halogens is 2. The Bertz CT molecular complexity index is 133. The number of carboxylic acids is 1. The Morgan fingerprint density at radius 1 is 1.78 bits per heavy atom. The fourth-order valence-electron chi connectivity index (χ4n) is 0.227. The van der Waals surface area contributed by atoms with E-state index in [0.29, 0.717) is 5.33 Å². The highest BCUT2D eigenvalue weighted by molar-refractivity contribution is 9.12. The predicted octanol–water partition coefficient (Wildman–Crippen LogP) is 1.79. The molecule has 0 aromatic carbocycles. The molecule has 0 rings (SSSR count). The Balaban J connectivity index is 3.88.